The molecule has 5 rings (SSSR count). The SMILES string of the molecule is CC(C)(C)c1ccc(C(=O)N(Cc2cc(C(=O)NCc3ccc4c(c3)OCO4)no2)CC2CCCO2)cc1. The van der Waals surface area contributed by atoms with Crippen LogP contribution in [0.25, 0.3) is 0 Å². The second kappa shape index (κ2) is 10.9. The van der Waals surface area contributed by atoms with Gasteiger partial charge in [0, 0.05) is 31.3 Å². The lowest BCUT2D eigenvalue weighted by atomic mass is 9.86. The van der Waals surface area contributed by atoms with Gasteiger partial charge >= 0.3 is 0 Å². The molecular formula is C29H33N3O6. The van der Waals surface area contributed by atoms with Gasteiger partial charge in [-0.25, -0.2) is 0 Å². The van der Waals surface area contributed by atoms with Gasteiger partial charge in [0.25, 0.3) is 11.8 Å². The van der Waals surface area contributed by atoms with E-state index in [0.29, 0.717) is 42.5 Å². The van der Waals surface area contributed by atoms with Gasteiger partial charge in [-0.2, -0.15) is 0 Å². The fourth-order valence-electron chi connectivity index (χ4n) is 4.56. The van der Waals surface area contributed by atoms with Gasteiger partial charge in [0.15, 0.2) is 23.0 Å². The topological polar surface area (TPSA) is 103 Å². The van der Waals surface area contributed by atoms with E-state index in [9.17, 15) is 9.59 Å². The second-order valence-electron chi connectivity index (χ2n) is 10.7. The molecule has 38 heavy (non-hydrogen) atoms. The molecule has 1 fully saturated rings. The van der Waals surface area contributed by atoms with E-state index in [1.165, 1.54) is 0 Å². The molecule has 2 amide bonds. The van der Waals surface area contributed by atoms with Crippen molar-refractivity contribution >= 4 is 11.8 Å². The molecule has 1 aromatic heterocycles. The zero-order valence-electron chi connectivity index (χ0n) is 22.0. The highest BCUT2D eigenvalue weighted by molar-refractivity contribution is 5.94. The molecule has 1 saturated heterocycles. The van der Waals surface area contributed by atoms with Crippen LogP contribution in [0.15, 0.2) is 53.1 Å². The summed E-state index contributed by atoms with van der Waals surface area (Å²) in [5, 5.41) is 6.78. The summed E-state index contributed by atoms with van der Waals surface area (Å²) in [6.07, 6.45) is 1.85. The quantitative estimate of drug-likeness (QED) is 0.469. The number of nitrogens with one attached hydrogen (secondary N) is 1. The van der Waals surface area contributed by atoms with Crippen LogP contribution in [0.2, 0.25) is 0 Å². The van der Waals surface area contributed by atoms with E-state index in [-0.39, 0.29) is 42.4 Å². The van der Waals surface area contributed by atoms with Gasteiger partial charge in [0.05, 0.1) is 12.6 Å². The molecule has 1 N–H and O–H groups in total. The van der Waals surface area contributed by atoms with Gasteiger partial charge < -0.3 is 29.0 Å². The molecule has 2 aliphatic rings. The van der Waals surface area contributed by atoms with Crippen molar-refractivity contribution in [3.05, 3.63) is 76.7 Å². The van der Waals surface area contributed by atoms with Gasteiger partial charge in [-0.1, -0.05) is 44.1 Å². The van der Waals surface area contributed by atoms with Gasteiger partial charge in [-0.3, -0.25) is 9.59 Å². The van der Waals surface area contributed by atoms with E-state index in [1.54, 1.807) is 11.0 Å². The van der Waals surface area contributed by atoms with Crippen LogP contribution in [-0.4, -0.2) is 47.9 Å². The Labute approximate surface area is 222 Å². The van der Waals surface area contributed by atoms with Gasteiger partial charge in [0.1, 0.15) is 0 Å². The van der Waals surface area contributed by atoms with Crippen LogP contribution in [0.5, 0.6) is 11.5 Å². The highest BCUT2D eigenvalue weighted by atomic mass is 16.7. The highest BCUT2D eigenvalue weighted by Gasteiger charge is 2.26. The van der Waals surface area contributed by atoms with Crippen LogP contribution >= 0.6 is 0 Å². The van der Waals surface area contributed by atoms with Crippen molar-refractivity contribution in [1.29, 1.82) is 0 Å². The summed E-state index contributed by atoms with van der Waals surface area (Å²) in [5.74, 6) is 1.28. The van der Waals surface area contributed by atoms with E-state index < -0.39 is 0 Å². The van der Waals surface area contributed by atoms with E-state index in [2.05, 4.69) is 31.2 Å². The predicted octanol–water partition coefficient (Wildman–Crippen LogP) is 4.45. The Morgan fingerprint density at radius 1 is 1.05 bits per heavy atom. The van der Waals surface area contributed by atoms with Crippen LogP contribution in [0, 0.1) is 0 Å². The minimum Gasteiger partial charge on any atom is -0.454 e. The molecular weight excluding hydrogens is 486 g/mol. The van der Waals surface area contributed by atoms with Crippen molar-refractivity contribution in [1.82, 2.24) is 15.4 Å². The Hall–Kier alpha value is -3.85. The first kappa shape index (κ1) is 25.8. The molecule has 0 saturated carbocycles. The fourth-order valence-corrected chi connectivity index (χ4v) is 4.56. The molecule has 0 spiro atoms. The number of carbonyl (C=O) groups is 2. The van der Waals surface area contributed by atoms with Crippen LogP contribution < -0.4 is 14.8 Å². The van der Waals surface area contributed by atoms with Gasteiger partial charge in [-0.15, -0.1) is 0 Å². The summed E-state index contributed by atoms with van der Waals surface area (Å²) in [5.41, 5.74) is 2.78. The normalized spacial score (nSPS) is 16.4. The van der Waals surface area contributed by atoms with Crippen LogP contribution in [-0.2, 0) is 23.2 Å². The van der Waals surface area contributed by atoms with Gasteiger partial charge in [-0.05, 0) is 53.6 Å². The lowest BCUT2D eigenvalue weighted by Gasteiger charge is -2.25. The maximum absolute atomic E-state index is 13.5. The van der Waals surface area contributed by atoms with Crippen molar-refractivity contribution in [3.63, 3.8) is 0 Å². The number of benzene rings is 2. The summed E-state index contributed by atoms with van der Waals surface area (Å²) in [6, 6.07) is 14.8. The number of aromatic nitrogens is 1. The number of carbonyl (C=O) groups excluding carboxylic acids is 2. The van der Waals surface area contributed by atoms with Crippen molar-refractivity contribution in [2.45, 2.75) is 58.2 Å². The number of rotatable bonds is 8. The average molecular weight is 520 g/mol. The zero-order chi connectivity index (χ0) is 26.7. The van der Waals surface area contributed by atoms with Crippen molar-refractivity contribution in [2.24, 2.45) is 0 Å². The smallest absolute Gasteiger partial charge is 0.273 e. The minimum atomic E-state index is -0.368. The largest absolute Gasteiger partial charge is 0.454 e. The number of ether oxygens (including phenoxy) is 3. The highest BCUT2D eigenvalue weighted by Crippen LogP contribution is 2.32. The summed E-state index contributed by atoms with van der Waals surface area (Å²) in [7, 11) is 0. The second-order valence-corrected chi connectivity index (χ2v) is 10.7. The Morgan fingerprint density at radius 2 is 1.84 bits per heavy atom. The average Bonchev–Trinajstić information content (AvgIpc) is 3.68. The standard InChI is InChI=1S/C29H33N3O6/c1-29(2,3)21-9-7-20(8-10-21)28(34)32(16-22-5-4-12-35-22)17-23-14-24(31-38-23)27(33)30-15-19-6-11-25-26(13-19)37-18-36-25/h6-11,13-14,22H,4-5,12,15-18H2,1-3H3,(H,30,33). The van der Waals surface area contributed by atoms with E-state index in [1.807, 2.05) is 42.5 Å². The van der Waals surface area contributed by atoms with Crippen LogP contribution in [0.1, 0.15) is 71.3 Å². The molecule has 1 unspecified atom stereocenters. The first-order valence-electron chi connectivity index (χ1n) is 12.9. The Kier molecular flexibility index (Phi) is 7.37. The van der Waals surface area contributed by atoms with Crippen LogP contribution in [0.3, 0.4) is 0 Å². The number of fused-ring (bicyclic) bond motifs is 1. The van der Waals surface area contributed by atoms with Crippen molar-refractivity contribution in [3.8, 4) is 11.5 Å². The molecule has 3 heterocycles. The Balaban J connectivity index is 1.25. The molecule has 9 heteroatoms. The summed E-state index contributed by atoms with van der Waals surface area (Å²) < 4.78 is 22.0. The lowest BCUT2D eigenvalue weighted by Crippen LogP contribution is -2.37. The summed E-state index contributed by atoms with van der Waals surface area (Å²) in [6.45, 7) is 8.23. The molecule has 1 atom stereocenters. The third-order valence-electron chi connectivity index (χ3n) is 6.76. The number of amides is 2. The number of nitrogens with zero attached hydrogens (tertiary/aromatic N) is 2. The number of hydrogen-bond acceptors (Lipinski definition) is 7. The van der Waals surface area contributed by atoms with E-state index in [4.69, 9.17) is 18.7 Å². The summed E-state index contributed by atoms with van der Waals surface area (Å²) in [4.78, 5) is 27.9. The molecule has 9 nitrogen and oxygen atoms in total. The molecule has 0 aliphatic carbocycles. The predicted molar refractivity (Wildman–Crippen MR) is 139 cm³/mol. The fraction of sp³-hybridized carbons (Fsp3) is 0.414. The molecule has 2 aromatic carbocycles. The monoisotopic (exact) mass is 519 g/mol. The molecule has 2 aliphatic heterocycles. The zero-order valence-corrected chi connectivity index (χ0v) is 22.0. The molecule has 0 bridgehead atoms. The minimum absolute atomic E-state index is 0.00149. The number of hydrogen-bond donors (Lipinski definition) is 1. The third kappa shape index (κ3) is 5.99. The van der Waals surface area contributed by atoms with E-state index >= 15 is 0 Å². The van der Waals surface area contributed by atoms with Gasteiger partial charge in [0.2, 0.25) is 6.79 Å². The van der Waals surface area contributed by atoms with Crippen LogP contribution in [0.4, 0.5) is 0 Å². The maximum atomic E-state index is 13.5. The maximum Gasteiger partial charge on any atom is 0.273 e. The molecule has 3 aromatic rings. The summed E-state index contributed by atoms with van der Waals surface area (Å²) >= 11 is 0. The lowest BCUT2D eigenvalue weighted by molar-refractivity contribution is 0.0486. The van der Waals surface area contributed by atoms with E-state index in [0.717, 1.165) is 24.0 Å². The Morgan fingerprint density at radius 3 is 2.58 bits per heavy atom. The molecule has 0 radical (unpaired) electrons. The first-order chi connectivity index (χ1) is 18.3. The first-order valence-corrected chi connectivity index (χ1v) is 12.9. The molecule has 200 valence electrons. The van der Waals surface area contributed by atoms with Crippen molar-refractivity contribution < 1.29 is 28.3 Å². The third-order valence-corrected chi connectivity index (χ3v) is 6.76. The van der Waals surface area contributed by atoms with Crippen molar-refractivity contribution in [2.75, 3.05) is 19.9 Å². The Bertz CT molecular complexity index is 1290.